The Kier molecular flexibility index (Phi) is 3.47. The third kappa shape index (κ3) is 3.22. The first kappa shape index (κ1) is 15.2. The monoisotopic (exact) mass is 340 g/mol. The summed E-state index contributed by atoms with van der Waals surface area (Å²) >= 11 is 0. The summed E-state index contributed by atoms with van der Waals surface area (Å²) in [6.45, 7) is 3.08. The molecule has 0 radical (unpaired) electrons. The lowest BCUT2D eigenvalue weighted by Crippen LogP contribution is -2.35. The smallest absolute Gasteiger partial charge is 0.245 e. The van der Waals surface area contributed by atoms with Gasteiger partial charge in [0.25, 0.3) is 0 Å². The molecule has 5 rings (SSSR count). The van der Waals surface area contributed by atoms with E-state index in [1.807, 2.05) is 17.2 Å². The van der Waals surface area contributed by atoms with Gasteiger partial charge < -0.3 is 9.32 Å². The lowest BCUT2D eigenvalue weighted by Gasteiger charge is -2.21. The summed E-state index contributed by atoms with van der Waals surface area (Å²) in [5.74, 6) is 3.95. The quantitative estimate of drug-likeness (QED) is 0.777. The number of furan rings is 1. The molecule has 0 bridgehead atoms. The fraction of sp³-hybridized carbons (Fsp3) is 0.632. The first-order valence-electron chi connectivity index (χ1n) is 9.45. The normalized spacial score (nSPS) is 25.2. The molecule has 3 aliphatic rings. The van der Waals surface area contributed by atoms with E-state index in [0.29, 0.717) is 24.4 Å². The second kappa shape index (κ2) is 5.71. The molecular formula is C19H24N4O2. The lowest BCUT2D eigenvalue weighted by molar-refractivity contribution is -0.133. The second-order valence-corrected chi connectivity index (χ2v) is 7.99. The zero-order chi connectivity index (χ0) is 17.0. The number of amides is 1. The average molecular weight is 340 g/mol. The minimum absolute atomic E-state index is 0.104. The molecule has 0 N–H and O–H groups in total. The van der Waals surface area contributed by atoms with Gasteiger partial charge in [0.2, 0.25) is 5.91 Å². The fourth-order valence-corrected chi connectivity index (χ4v) is 3.56. The summed E-state index contributed by atoms with van der Waals surface area (Å²) < 4.78 is 7.69. The van der Waals surface area contributed by atoms with E-state index in [0.717, 1.165) is 36.0 Å². The van der Waals surface area contributed by atoms with Crippen LogP contribution in [0.15, 0.2) is 22.7 Å². The number of carbonyl (C=O) groups is 1. The number of aromatic nitrogens is 3. The van der Waals surface area contributed by atoms with Gasteiger partial charge >= 0.3 is 0 Å². The molecule has 2 atom stereocenters. The van der Waals surface area contributed by atoms with Gasteiger partial charge in [-0.2, -0.15) is 0 Å². The van der Waals surface area contributed by atoms with Gasteiger partial charge in [-0.15, -0.1) is 5.10 Å². The highest BCUT2D eigenvalue weighted by Crippen LogP contribution is 2.47. The maximum atomic E-state index is 12.8. The van der Waals surface area contributed by atoms with Crippen molar-refractivity contribution in [3.05, 3.63) is 35.5 Å². The van der Waals surface area contributed by atoms with Gasteiger partial charge in [0, 0.05) is 24.1 Å². The molecule has 2 aromatic heterocycles. The van der Waals surface area contributed by atoms with Crippen LogP contribution in [-0.4, -0.2) is 31.8 Å². The molecule has 0 saturated heterocycles. The molecule has 2 heterocycles. The maximum Gasteiger partial charge on any atom is 0.245 e. The zero-order valence-electron chi connectivity index (χ0n) is 14.6. The van der Waals surface area contributed by atoms with Gasteiger partial charge in [-0.1, -0.05) is 12.1 Å². The number of nitrogens with zero attached hydrogens (tertiary/aromatic N) is 4. The zero-order valence-corrected chi connectivity index (χ0v) is 14.6. The van der Waals surface area contributed by atoms with Gasteiger partial charge in [-0.3, -0.25) is 4.79 Å². The van der Waals surface area contributed by atoms with Crippen LogP contribution in [0.25, 0.3) is 0 Å². The maximum absolute atomic E-state index is 12.8. The molecule has 0 aliphatic heterocycles. The molecule has 132 valence electrons. The standard InChI is InChI=1S/C19H24N4O2/c1-12-8-16(12)18-7-6-15(25-18)9-23(14-4-5-14)19(24)11-22-10-17(20-21-22)13-2-3-13/h6-7,10,12-14,16H,2-5,8-9,11H2,1H3. The van der Waals surface area contributed by atoms with E-state index < -0.39 is 0 Å². The van der Waals surface area contributed by atoms with Crippen LogP contribution < -0.4 is 0 Å². The van der Waals surface area contributed by atoms with Crippen LogP contribution in [-0.2, 0) is 17.9 Å². The Hall–Kier alpha value is -2.11. The van der Waals surface area contributed by atoms with Crippen LogP contribution in [0, 0.1) is 5.92 Å². The summed E-state index contributed by atoms with van der Waals surface area (Å²) in [6, 6.07) is 4.47. The minimum Gasteiger partial charge on any atom is -0.464 e. The van der Waals surface area contributed by atoms with Crippen molar-refractivity contribution in [2.24, 2.45) is 5.92 Å². The summed E-state index contributed by atoms with van der Waals surface area (Å²) in [6.07, 6.45) is 7.71. The number of rotatable bonds is 7. The van der Waals surface area contributed by atoms with Crippen molar-refractivity contribution >= 4 is 5.91 Å². The molecule has 2 aromatic rings. The summed E-state index contributed by atoms with van der Waals surface area (Å²) in [5, 5.41) is 8.32. The molecule has 3 saturated carbocycles. The van der Waals surface area contributed by atoms with E-state index in [1.54, 1.807) is 4.68 Å². The van der Waals surface area contributed by atoms with Crippen molar-refractivity contribution < 1.29 is 9.21 Å². The van der Waals surface area contributed by atoms with E-state index in [9.17, 15) is 4.79 Å². The van der Waals surface area contributed by atoms with Gasteiger partial charge in [0.15, 0.2) is 0 Å². The van der Waals surface area contributed by atoms with Crippen molar-refractivity contribution in [3.8, 4) is 0 Å². The number of hydrogen-bond donors (Lipinski definition) is 0. The third-order valence-electron chi connectivity index (χ3n) is 5.64. The summed E-state index contributed by atoms with van der Waals surface area (Å²) in [7, 11) is 0. The fourth-order valence-electron chi connectivity index (χ4n) is 3.56. The Labute approximate surface area is 147 Å². The largest absolute Gasteiger partial charge is 0.464 e. The van der Waals surface area contributed by atoms with Crippen LogP contribution >= 0.6 is 0 Å². The van der Waals surface area contributed by atoms with Gasteiger partial charge in [-0.05, 0) is 50.2 Å². The Bertz CT molecular complexity index is 787. The summed E-state index contributed by atoms with van der Waals surface area (Å²) in [4.78, 5) is 14.7. The van der Waals surface area contributed by atoms with E-state index in [2.05, 4.69) is 23.3 Å². The molecule has 6 heteroatoms. The van der Waals surface area contributed by atoms with E-state index in [-0.39, 0.29) is 12.5 Å². The number of hydrogen-bond acceptors (Lipinski definition) is 4. The highest BCUT2D eigenvalue weighted by atomic mass is 16.3. The SMILES string of the molecule is CC1CC1c1ccc(CN(C(=O)Cn2cc(C3CC3)nn2)C2CC2)o1. The predicted octanol–water partition coefficient (Wildman–Crippen LogP) is 3.06. The van der Waals surface area contributed by atoms with Crippen molar-refractivity contribution in [2.45, 2.75) is 70.0 Å². The molecule has 2 unspecified atom stereocenters. The Morgan fingerprint density at radius 3 is 2.80 bits per heavy atom. The Morgan fingerprint density at radius 2 is 2.12 bits per heavy atom. The average Bonchev–Trinajstić information content (AvgIpc) is 3.53. The lowest BCUT2D eigenvalue weighted by atomic mass is 10.3. The van der Waals surface area contributed by atoms with Crippen molar-refractivity contribution in [1.29, 1.82) is 0 Å². The van der Waals surface area contributed by atoms with Crippen LogP contribution in [0.5, 0.6) is 0 Å². The van der Waals surface area contributed by atoms with Gasteiger partial charge in [-0.25, -0.2) is 4.68 Å². The highest BCUT2D eigenvalue weighted by molar-refractivity contribution is 5.76. The van der Waals surface area contributed by atoms with Crippen LogP contribution in [0.4, 0.5) is 0 Å². The number of carbonyl (C=O) groups excluding carboxylic acids is 1. The first-order chi connectivity index (χ1) is 12.2. The second-order valence-electron chi connectivity index (χ2n) is 7.99. The predicted molar refractivity (Wildman–Crippen MR) is 90.8 cm³/mol. The van der Waals surface area contributed by atoms with Gasteiger partial charge in [0.1, 0.15) is 18.1 Å². The Morgan fingerprint density at radius 1 is 1.32 bits per heavy atom. The van der Waals surface area contributed by atoms with Crippen molar-refractivity contribution in [1.82, 2.24) is 19.9 Å². The first-order valence-corrected chi connectivity index (χ1v) is 9.45. The topological polar surface area (TPSA) is 64.2 Å². The van der Waals surface area contributed by atoms with Gasteiger partial charge in [0.05, 0.1) is 12.2 Å². The van der Waals surface area contributed by atoms with E-state index in [4.69, 9.17) is 4.42 Å². The molecule has 0 aromatic carbocycles. The van der Waals surface area contributed by atoms with Crippen molar-refractivity contribution in [2.75, 3.05) is 0 Å². The molecular weight excluding hydrogens is 316 g/mol. The molecule has 3 aliphatic carbocycles. The van der Waals surface area contributed by atoms with Crippen LogP contribution in [0.3, 0.4) is 0 Å². The van der Waals surface area contributed by atoms with Crippen LogP contribution in [0.1, 0.15) is 68.1 Å². The highest BCUT2D eigenvalue weighted by Gasteiger charge is 2.37. The van der Waals surface area contributed by atoms with E-state index in [1.165, 1.54) is 19.3 Å². The third-order valence-corrected chi connectivity index (χ3v) is 5.64. The Balaban J connectivity index is 1.25. The molecule has 25 heavy (non-hydrogen) atoms. The molecule has 1 amide bonds. The molecule has 3 fully saturated rings. The van der Waals surface area contributed by atoms with Crippen LogP contribution in [0.2, 0.25) is 0 Å². The minimum atomic E-state index is 0.104. The van der Waals surface area contributed by atoms with E-state index >= 15 is 0 Å². The molecule has 6 nitrogen and oxygen atoms in total. The molecule has 0 spiro atoms. The summed E-state index contributed by atoms with van der Waals surface area (Å²) in [5.41, 5.74) is 1.03. The van der Waals surface area contributed by atoms with Crippen molar-refractivity contribution in [3.63, 3.8) is 0 Å².